The predicted molar refractivity (Wildman–Crippen MR) is 118 cm³/mol. The molecule has 0 N–H and O–H groups in total. The number of amides is 1. The first-order chi connectivity index (χ1) is 15.1. The first-order valence-electron chi connectivity index (χ1n) is 10.1. The third-order valence-electron chi connectivity index (χ3n) is 5.70. The Balaban J connectivity index is 1.58. The van der Waals surface area contributed by atoms with E-state index in [0.29, 0.717) is 29.2 Å². The Morgan fingerprint density at radius 2 is 1.97 bits per heavy atom. The van der Waals surface area contributed by atoms with Gasteiger partial charge in [-0.2, -0.15) is 0 Å². The summed E-state index contributed by atoms with van der Waals surface area (Å²) in [6, 6.07) is 14.1. The molecule has 3 heterocycles. The van der Waals surface area contributed by atoms with Gasteiger partial charge in [-0.25, -0.2) is 4.98 Å². The number of carbonyl (C=O) groups excluding carboxylic acids is 1. The zero-order chi connectivity index (χ0) is 21.5. The molecule has 5 rings (SSSR count). The summed E-state index contributed by atoms with van der Waals surface area (Å²) in [7, 11) is 0. The number of hydrogen-bond donors (Lipinski definition) is 0. The molecule has 1 amide bonds. The van der Waals surface area contributed by atoms with Crippen molar-refractivity contribution >= 4 is 34.3 Å². The molecule has 0 saturated heterocycles. The van der Waals surface area contributed by atoms with Crippen LogP contribution >= 0.6 is 11.6 Å². The highest BCUT2D eigenvalue weighted by Gasteiger charge is 2.31. The molecule has 1 aliphatic rings. The van der Waals surface area contributed by atoms with Gasteiger partial charge >= 0.3 is 0 Å². The zero-order valence-corrected chi connectivity index (χ0v) is 17.5. The maximum atomic E-state index is 13.4. The largest absolute Gasteiger partial charge is 0.335 e. The van der Waals surface area contributed by atoms with Gasteiger partial charge in [0, 0.05) is 22.8 Å². The van der Waals surface area contributed by atoms with Gasteiger partial charge in [-0.3, -0.25) is 14.2 Å². The highest BCUT2D eigenvalue weighted by molar-refractivity contribution is 6.30. The molecule has 31 heavy (non-hydrogen) atoms. The van der Waals surface area contributed by atoms with Crippen molar-refractivity contribution in [1.82, 2.24) is 14.7 Å². The van der Waals surface area contributed by atoms with Crippen LogP contribution < -0.4 is 10.5 Å². The molecule has 0 saturated carbocycles. The first kappa shape index (κ1) is 19.5. The van der Waals surface area contributed by atoms with Gasteiger partial charge in [-0.15, -0.1) is 0 Å². The van der Waals surface area contributed by atoms with Crippen LogP contribution in [-0.2, 0) is 11.2 Å². The molecule has 8 heteroatoms. The van der Waals surface area contributed by atoms with Gasteiger partial charge in [0.15, 0.2) is 0 Å². The maximum Gasteiger partial charge on any atom is 0.267 e. The number of para-hydroxylation sites is 1. The van der Waals surface area contributed by atoms with Crippen molar-refractivity contribution in [2.75, 3.05) is 11.4 Å². The number of carbonyl (C=O) groups is 1. The van der Waals surface area contributed by atoms with Crippen molar-refractivity contribution in [3.63, 3.8) is 0 Å². The second-order valence-corrected chi connectivity index (χ2v) is 7.90. The van der Waals surface area contributed by atoms with Crippen molar-refractivity contribution in [2.45, 2.75) is 25.8 Å². The normalized spacial score (nSPS) is 14.1. The molecule has 2 aromatic carbocycles. The Morgan fingerprint density at radius 1 is 1.19 bits per heavy atom. The number of halogens is 1. The number of hydrogen-bond acceptors (Lipinski definition) is 5. The number of rotatable bonds is 4. The maximum absolute atomic E-state index is 13.4. The molecular formula is C23H19ClN4O3. The lowest BCUT2D eigenvalue weighted by Gasteiger charge is -2.24. The molecule has 0 bridgehead atoms. The van der Waals surface area contributed by atoms with Gasteiger partial charge in [-0.1, -0.05) is 54.0 Å². The number of benzene rings is 2. The van der Waals surface area contributed by atoms with Crippen LogP contribution in [0.3, 0.4) is 0 Å². The molecule has 4 aromatic rings. The Morgan fingerprint density at radius 3 is 2.74 bits per heavy atom. The number of aromatic nitrogens is 3. The van der Waals surface area contributed by atoms with Crippen molar-refractivity contribution in [1.29, 1.82) is 0 Å². The summed E-state index contributed by atoms with van der Waals surface area (Å²) in [6.45, 7) is 2.48. The average molecular weight is 435 g/mol. The van der Waals surface area contributed by atoms with E-state index in [4.69, 9.17) is 16.1 Å². The van der Waals surface area contributed by atoms with E-state index in [1.165, 1.54) is 10.9 Å². The molecule has 156 valence electrons. The summed E-state index contributed by atoms with van der Waals surface area (Å²) >= 11 is 5.98. The fourth-order valence-corrected chi connectivity index (χ4v) is 4.25. The topological polar surface area (TPSA) is 81.2 Å². The predicted octanol–water partition coefficient (Wildman–Crippen LogP) is 4.25. The van der Waals surface area contributed by atoms with E-state index in [0.717, 1.165) is 17.7 Å². The van der Waals surface area contributed by atoms with E-state index < -0.39 is 6.04 Å². The minimum atomic E-state index is -0.677. The third kappa shape index (κ3) is 3.21. The molecule has 0 fully saturated rings. The minimum absolute atomic E-state index is 0.125. The highest BCUT2D eigenvalue weighted by atomic mass is 35.5. The van der Waals surface area contributed by atoms with Crippen LogP contribution in [0.5, 0.6) is 0 Å². The summed E-state index contributed by atoms with van der Waals surface area (Å²) in [6.07, 6.45) is 2.62. The Hall–Kier alpha value is -3.45. The zero-order valence-electron chi connectivity index (χ0n) is 16.8. The van der Waals surface area contributed by atoms with Crippen molar-refractivity contribution in [2.24, 2.45) is 0 Å². The number of fused-ring (bicyclic) bond motifs is 2. The van der Waals surface area contributed by atoms with E-state index in [1.54, 1.807) is 29.2 Å². The molecule has 1 atom stereocenters. The fourth-order valence-electron chi connectivity index (χ4n) is 4.12. The van der Waals surface area contributed by atoms with Gasteiger partial charge in [0.25, 0.3) is 11.3 Å². The van der Waals surface area contributed by atoms with E-state index in [-0.39, 0.29) is 22.6 Å². The van der Waals surface area contributed by atoms with Crippen LogP contribution in [0.4, 0.5) is 5.69 Å². The summed E-state index contributed by atoms with van der Waals surface area (Å²) in [5.74, 6) is -0.125. The monoisotopic (exact) mass is 434 g/mol. The Kier molecular flexibility index (Phi) is 4.82. The lowest BCUT2D eigenvalue weighted by Crippen LogP contribution is -2.39. The third-order valence-corrected chi connectivity index (χ3v) is 5.95. The van der Waals surface area contributed by atoms with Gasteiger partial charge < -0.3 is 9.42 Å². The lowest BCUT2D eigenvalue weighted by molar-refractivity contribution is -0.121. The van der Waals surface area contributed by atoms with Crippen LogP contribution in [0.15, 0.2) is 64.2 Å². The molecule has 0 radical (unpaired) electrons. The lowest BCUT2D eigenvalue weighted by atomic mass is 10.1. The number of anilines is 1. The molecule has 0 aliphatic carbocycles. The van der Waals surface area contributed by atoms with Crippen LogP contribution in [-0.4, -0.2) is 27.2 Å². The first-order valence-corrected chi connectivity index (χ1v) is 10.5. The highest BCUT2D eigenvalue weighted by Crippen LogP contribution is 2.31. The van der Waals surface area contributed by atoms with Gasteiger partial charge in [0.1, 0.15) is 23.4 Å². The van der Waals surface area contributed by atoms with Gasteiger partial charge in [0.05, 0.1) is 0 Å². The smallest absolute Gasteiger partial charge is 0.267 e. The molecule has 1 aliphatic heterocycles. The average Bonchev–Trinajstić information content (AvgIpc) is 3.41. The van der Waals surface area contributed by atoms with Crippen LogP contribution in [0.25, 0.3) is 22.4 Å². The summed E-state index contributed by atoms with van der Waals surface area (Å²) < 4.78 is 6.68. The second-order valence-electron chi connectivity index (χ2n) is 7.47. The molecule has 2 aromatic heterocycles. The van der Waals surface area contributed by atoms with Crippen molar-refractivity contribution < 1.29 is 9.32 Å². The van der Waals surface area contributed by atoms with Gasteiger partial charge in [-0.05, 0) is 36.6 Å². The number of nitrogens with zero attached hydrogens (tertiary/aromatic N) is 4. The van der Waals surface area contributed by atoms with E-state index >= 15 is 0 Å². The SMILES string of the molecule is CCC(C(=O)N1CCc2ccccc21)n1cnc2onc(-c3ccc(Cl)cc3)c2c1=O. The van der Waals surface area contributed by atoms with E-state index in [2.05, 4.69) is 10.1 Å². The van der Waals surface area contributed by atoms with Crippen LogP contribution in [0.2, 0.25) is 5.02 Å². The van der Waals surface area contributed by atoms with E-state index in [1.807, 2.05) is 31.2 Å². The quantitative estimate of drug-likeness (QED) is 0.479. The summed E-state index contributed by atoms with van der Waals surface area (Å²) in [5.41, 5.74) is 2.89. The van der Waals surface area contributed by atoms with Crippen molar-refractivity contribution in [3.8, 4) is 11.3 Å². The second kappa shape index (κ2) is 7.67. The van der Waals surface area contributed by atoms with Crippen LogP contribution in [0, 0.1) is 0 Å². The Bertz CT molecular complexity index is 1340. The molecule has 7 nitrogen and oxygen atoms in total. The molecule has 1 unspecified atom stereocenters. The fraction of sp³-hybridized carbons (Fsp3) is 0.217. The van der Waals surface area contributed by atoms with Crippen molar-refractivity contribution in [3.05, 3.63) is 75.8 Å². The standard InChI is InChI=1S/C23H19ClN4O3/c1-2-17(22(29)27-12-11-14-5-3-4-6-18(14)27)28-13-25-21-19(23(28)30)20(26-31-21)15-7-9-16(24)10-8-15/h3-10,13,17H,2,11-12H2,1H3. The Labute approximate surface area is 182 Å². The minimum Gasteiger partial charge on any atom is -0.335 e. The molecular weight excluding hydrogens is 416 g/mol. The molecule has 0 spiro atoms. The summed E-state index contributed by atoms with van der Waals surface area (Å²) in [5, 5.41) is 4.87. The summed E-state index contributed by atoms with van der Waals surface area (Å²) in [4.78, 5) is 32.9. The van der Waals surface area contributed by atoms with Gasteiger partial charge in [0.2, 0.25) is 5.91 Å². The van der Waals surface area contributed by atoms with E-state index in [9.17, 15) is 9.59 Å². The van der Waals surface area contributed by atoms with Crippen LogP contribution in [0.1, 0.15) is 24.9 Å².